The van der Waals surface area contributed by atoms with Crippen molar-refractivity contribution in [3.63, 3.8) is 0 Å². The van der Waals surface area contributed by atoms with Crippen LogP contribution in [0.4, 0.5) is 0 Å². The summed E-state index contributed by atoms with van der Waals surface area (Å²) in [6.45, 7) is 4.56. The second kappa shape index (κ2) is 6.55. The number of hydrogen-bond acceptors (Lipinski definition) is 2. The van der Waals surface area contributed by atoms with E-state index in [-0.39, 0.29) is 0 Å². The van der Waals surface area contributed by atoms with Gasteiger partial charge in [-0.1, -0.05) is 20.3 Å². The topological polar surface area (TPSA) is 62.7 Å². The van der Waals surface area contributed by atoms with Gasteiger partial charge in [0.15, 0.2) is 0 Å². The van der Waals surface area contributed by atoms with Crippen molar-refractivity contribution in [3.8, 4) is 0 Å². The van der Waals surface area contributed by atoms with Crippen LogP contribution in [-0.4, -0.2) is 23.6 Å². The Morgan fingerprint density at radius 1 is 1.75 bits per heavy atom. The van der Waals surface area contributed by atoms with Crippen molar-refractivity contribution >= 4 is 12.2 Å². The standard InChI is InChI=1S/C8H14N2O2/c1-3-7(2)4-5-12-8(11)6-10-9/h6-7H,3-5H2,1-2H3. The van der Waals surface area contributed by atoms with Crippen LogP contribution in [0.25, 0.3) is 5.53 Å². The molecule has 68 valence electrons. The molecule has 0 saturated carbocycles. The van der Waals surface area contributed by atoms with Crippen molar-refractivity contribution < 1.29 is 14.3 Å². The van der Waals surface area contributed by atoms with Gasteiger partial charge in [0.25, 0.3) is 0 Å². The summed E-state index contributed by atoms with van der Waals surface area (Å²) < 4.78 is 4.71. The lowest BCUT2D eigenvalue weighted by Gasteiger charge is -2.05. The molecule has 0 aliphatic heterocycles. The third-order valence-electron chi connectivity index (χ3n) is 1.72. The molecule has 0 aromatic rings. The van der Waals surface area contributed by atoms with Gasteiger partial charge in [0.1, 0.15) is 0 Å². The first-order valence-electron chi connectivity index (χ1n) is 4.04. The van der Waals surface area contributed by atoms with Crippen LogP contribution < -0.4 is 0 Å². The Labute approximate surface area is 72.2 Å². The molecule has 4 heteroatoms. The minimum atomic E-state index is -0.596. The van der Waals surface area contributed by atoms with Gasteiger partial charge in [-0.3, -0.25) is 0 Å². The Kier molecular flexibility index (Phi) is 5.93. The number of nitrogens with zero attached hydrogens (tertiary/aromatic N) is 2. The predicted octanol–water partition coefficient (Wildman–Crippen LogP) is 1.27. The zero-order valence-electron chi connectivity index (χ0n) is 7.49. The zero-order chi connectivity index (χ0) is 9.40. The summed E-state index contributed by atoms with van der Waals surface area (Å²) in [7, 11) is 0. The van der Waals surface area contributed by atoms with Crippen LogP contribution in [-0.2, 0) is 9.53 Å². The monoisotopic (exact) mass is 170 g/mol. The van der Waals surface area contributed by atoms with E-state index in [1.54, 1.807) is 0 Å². The van der Waals surface area contributed by atoms with Crippen molar-refractivity contribution in [2.75, 3.05) is 6.61 Å². The maximum Gasteiger partial charge on any atom is 0.413 e. The Bertz CT molecular complexity index is 185. The van der Waals surface area contributed by atoms with Crippen LogP contribution >= 0.6 is 0 Å². The lowest BCUT2D eigenvalue weighted by molar-refractivity contribution is -0.139. The van der Waals surface area contributed by atoms with Crippen molar-refractivity contribution in [1.82, 2.24) is 0 Å². The average Bonchev–Trinajstić information content (AvgIpc) is 2.04. The molecule has 0 aliphatic carbocycles. The van der Waals surface area contributed by atoms with Crippen molar-refractivity contribution in [3.05, 3.63) is 5.53 Å². The molecule has 0 aromatic carbocycles. The Morgan fingerprint density at radius 3 is 2.92 bits per heavy atom. The summed E-state index contributed by atoms with van der Waals surface area (Å²) in [5.74, 6) is -0.0373. The van der Waals surface area contributed by atoms with E-state index in [1.807, 2.05) is 0 Å². The maximum absolute atomic E-state index is 10.6. The number of carbonyl (C=O) groups is 1. The fraction of sp³-hybridized carbons (Fsp3) is 0.750. The van der Waals surface area contributed by atoms with E-state index in [4.69, 9.17) is 10.3 Å². The average molecular weight is 170 g/mol. The molecule has 0 rings (SSSR count). The molecule has 0 heterocycles. The van der Waals surface area contributed by atoms with Gasteiger partial charge in [-0.05, 0) is 12.3 Å². The zero-order valence-corrected chi connectivity index (χ0v) is 7.49. The quantitative estimate of drug-likeness (QED) is 0.270. The van der Waals surface area contributed by atoms with Crippen LogP contribution in [0, 0.1) is 5.92 Å². The summed E-state index contributed by atoms with van der Waals surface area (Å²) in [4.78, 5) is 13.1. The van der Waals surface area contributed by atoms with Gasteiger partial charge < -0.3 is 10.3 Å². The first-order valence-corrected chi connectivity index (χ1v) is 4.04. The summed E-state index contributed by atoms with van der Waals surface area (Å²) in [5.41, 5.74) is 7.96. The molecule has 0 radical (unpaired) electrons. The molecule has 0 N–H and O–H groups in total. The highest BCUT2D eigenvalue weighted by Crippen LogP contribution is 2.05. The van der Waals surface area contributed by atoms with E-state index in [1.165, 1.54) is 0 Å². The third kappa shape index (κ3) is 5.62. The Hall–Kier alpha value is -1.15. The number of ether oxygens (including phenoxy) is 1. The third-order valence-corrected chi connectivity index (χ3v) is 1.72. The second-order valence-corrected chi connectivity index (χ2v) is 2.71. The molecule has 0 amide bonds. The van der Waals surface area contributed by atoms with E-state index >= 15 is 0 Å². The van der Waals surface area contributed by atoms with E-state index < -0.39 is 5.97 Å². The van der Waals surface area contributed by atoms with E-state index in [9.17, 15) is 4.79 Å². The minimum absolute atomic E-state index is 0.389. The van der Waals surface area contributed by atoms with Gasteiger partial charge in [-0.15, -0.1) is 0 Å². The van der Waals surface area contributed by atoms with E-state index in [0.29, 0.717) is 12.5 Å². The fourth-order valence-corrected chi connectivity index (χ4v) is 0.649. The largest absolute Gasteiger partial charge is 0.457 e. The summed E-state index contributed by atoms with van der Waals surface area (Å²) in [6, 6.07) is 0. The SMILES string of the molecule is CCC(C)CCOC(=O)C=[N+]=[N-]. The first-order chi connectivity index (χ1) is 5.70. The fourth-order valence-electron chi connectivity index (χ4n) is 0.649. The van der Waals surface area contributed by atoms with E-state index in [0.717, 1.165) is 19.1 Å². The van der Waals surface area contributed by atoms with Gasteiger partial charge in [0, 0.05) is 0 Å². The highest BCUT2D eigenvalue weighted by molar-refractivity contribution is 6.20. The summed E-state index contributed by atoms with van der Waals surface area (Å²) >= 11 is 0. The molecule has 0 fully saturated rings. The Morgan fingerprint density at radius 2 is 2.42 bits per heavy atom. The van der Waals surface area contributed by atoms with Gasteiger partial charge in [-0.25, -0.2) is 4.79 Å². The van der Waals surface area contributed by atoms with Gasteiger partial charge in [0.2, 0.25) is 0 Å². The number of hydrogen-bond donors (Lipinski definition) is 0. The highest BCUT2D eigenvalue weighted by Gasteiger charge is 2.04. The summed E-state index contributed by atoms with van der Waals surface area (Å²) in [5, 5.41) is 0. The normalized spacial score (nSPS) is 11.5. The van der Waals surface area contributed by atoms with Gasteiger partial charge in [-0.2, -0.15) is 4.79 Å². The van der Waals surface area contributed by atoms with Gasteiger partial charge >= 0.3 is 12.2 Å². The molecule has 12 heavy (non-hydrogen) atoms. The molecule has 0 bridgehead atoms. The molecule has 1 atom stereocenters. The first kappa shape index (κ1) is 10.8. The second-order valence-electron chi connectivity index (χ2n) is 2.71. The smallest absolute Gasteiger partial charge is 0.413 e. The molecule has 0 aromatic heterocycles. The lowest BCUT2D eigenvalue weighted by atomic mass is 10.1. The molecule has 0 saturated heterocycles. The lowest BCUT2D eigenvalue weighted by Crippen LogP contribution is -2.09. The Balaban J connectivity index is 3.43. The van der Waals surface area contributed by atoms with Crippen LogP contribution in [0.1, 0.15) is 26.7 Å². The van der Waals surface area contributed by atoms with Gasteiger partial charge in [0.05, 0.1) is 6.61 Å². The number of esters is 1. The van der Waals surface area contributed by atoms with E-state index in [2.05, 4.69) is 18.6 Å². The van der Waals surface area contributed by atoms with Crippen molar-refractivity contribution in [1.29, 1.82) is 0 Å². The molecular weight excluding hydrogens is 156 g/mol. The summed E-state index contributed by atoms with van der Waals surface area (Å²) in [6.07, 6.45) is 2.67. The van der Waals surface area contributed by atoms with Crippen LogP contribution in [0.15, 0.2) is 0 Å². The maximum atomic E-state index is 10.6. The van der Waals surface area contributed by atoms with Crippen LogP contribution in [0.2, 0.25) is 0 Å². The minimum Gasteiger partial charge on any atom is -0.457 e. The van der Waals surface area contributed by atoms with Crippen molar-refractivity contribution in [2.45, 2.75) is 26.7 Å². The predicted molar refractivity (Wildman–Crippen MR) is 44.7 cm³/mol. The molecule has 0 aliphatic rings. The molecule has 4 nitrogen and oxygen atoms in total. The van der Waals surface area contributed by atoms with Crippen LogP contribution in [0.5, 0.6) is 0 Å². The number of rotatable bonds is 5. The van der Waals surface area contributed by atoms with Crippen LogP contribution in [0.3, 0.4) is 0 Å². The highest BCUT2D eigenvalue weighted by atomic mass is 16.5. The molecule has 1 unspecified atom stereocenters. The number of carbonyl (C=O) groups excluding carboxylic acids is 1. The molecular formula is C8H14N2O2. The van der Waals surface area contributed by atoms with Crippen molar-refractivity contribution in [2.24, 2.45) is 5.92 Å². The molecule has 0 spiro atoms.